The van der Waals surface area contributed by atoms with Gasteiger partial charge in [0.25, 0.3) is 5.91 Å². The molecule has 0 aliphatic carbocycles. The lowest BCUT2D eigenvalue weighted by molar-refractivity contribution is -0.143. The smallest absolute Gasteiger partial charge is 0.322 e. The molecule has 1 amide bonds. The van der Waals surface area contributed by atoms with Gasteiger partial charge in [-0.2, -0.15) is 26.3 Å². The molecule has 2 rings (SSSR count). The zero-order valence-corrected chi connectivity index (χ0v) is 14.6. The van der Waals surface area contributed by atoms with E-state index in [4.69, 9.17) is 16.1 Å². The Morgan fingerprint density at radius 3 is 2.00 bits per heavy atom. The number of rotatable bonds is 4. The van der Waals surface area contributed by atoms with Gasteiger partial charge in [0.15, 0.2) is 5.75 Å². The number of nitrogens with one attached hydrogen (secondary N) is 1. The maximum Gasteiger partial charge on any atom is 0.542 e. The van der Waals surface area contributed by atoms with E-state index in [2.05, 4.69) is 0 Å². The van der Waals surface area contributed by atoms with Crippen molar-refractivity contribution < 1.29 is 40.2 Å². The maximum absolute atomic E-state index is 12.9. The predicted octanol–water partition coefficient (Wildman–Crippen LogP) is 5.95. The zero-order valence-electron chi connectivity index (χ0n) is 12.8. The van der Waals surface area contributed by atoms with E-state index < -0.39 is 43.8 Å². The first-order chi connectivity index (χ1) is 12.4. The molecule has 4 nitrogen and oxygen atoms in total. The Labute approximate surface area is 154 Å². The summed E-state index contributed by atoms with van der Waals surface area (Å²) >= 11 is 5.73. The Morgan fingerprint density at radius 1 is 0.963 bits per heavy atom. The fraction of sp³-hybridized carbons (Fsp3) is 0.133. The van der Waals surface area contributed by atoms with Gasteiger partial charge in [-0.05, 0) is 41.0 Å². The van der Waals surface area contributed by atoms with Crippen molar-refractivity contribution in [1.29, 1.82) is 0 Å². The third-order valence-corrected chi connectivity index (χ3v) is 3.72. The molecule has 1 N–H and O–H groups in total. The summed E-state index contributed by atoms with van der Waals surface area (Å²) in [5.74, 6) is -1.31. The van der Waals surface area contributed by atoms with Gasteiger partial charge in [0.2, 0.25) is 0 Å². The van der Waals surface area contributed by atoms with E-state index in [1.165, 1.54) is 12.1 Å². The monoisotopic (exact) mass is 430 g/mol. The van der Waals surface area contributed by atoms with Crippen molar-refractivity contribution in [2.24, 2.45) is 0 Å². The van der Waals surface area contributed by atoms with E-state index in [0.717, 1.165) is 6.07 Å². The summed E-state index contributed by atoms with van der Waals surface area (Å²) in [6, 6.07) is 4.17. The van der Waals surface area contributed by atoms with Gasteiger partial charge in [-0.1, -0.05) is 11.6 Å². The largest absolute Gasteiger partial charge is 0.542 e. The van der Waals surface area contributed by atoms with Gasteiger partial charge in [0.1, 0.15) is 0 Å². The number of carbonyl (C=O) groups is 1. The molecule has 0 bridgehead atoms. The summed E-state index contributed by atoms with van der Waals surface area (Å²) in [5, 5.41) is 1.98. The Balaban J connectivity index is 2.46. The Hall–Kier alpha value is -2.32. The molecule has 0 heterocycles. The minimum atomic E-state index is -5.06. The average molecular weight is 431 g/mol. The molecule has 1 unspecified atom stereocenters. The number of amides is 1. The lowest BCUT2D eigenvalue weighted by Gasteiger charge is -2.15. The molecule has 12 heteroatoms. The highest BCUT2D eigenvalue weighted by Gasteiger charge is 2.37. The first kappa shape index (κ1) is 21.0. The fourth-order valence-corrected chi connectivity index (χ4v) is 2.48. The fourth-order valence-electron chi connectivity index (χ4n) is 2.04. The SMILES string of the molecule is O=[PH+]Oc1ccc(Cl)cc1C(=O)Nc1cc(C(F)(F)F)cc(C(F)(F)F)c1. The second kappa shape index (κ2) is 7.74. The lowest BCUT2D eigenvalue weighted by atomic mass is 10.1. The van der Waals surface area contributed by atoms with Crippen LogP contribution in [0.2, 0.25) is 5.02 Å². The van der Waals surface area contributed by atoms with Crippen LogP contribution in [0.15, 0.2) is 36.4 Å². The second-order valence-electron chi connectivity index (χ2n) is 5.07. The van der Waals surface area contributed by atoms with Crippen LogP contribution in [0.4, 0.5) is 32.0 Å². The minimum Gasteiger partial charge on any atom is -0.322 e. The van der Waals surface area contributed by atoms with Crippen molar-refractivity contribution in [3.05, 3.63) is 58.1 Å². The van der Waals surface area contributed by atoms with Crippen LogP contribution >= 0.6 is 20.3 Å². The predicted molar refractivity (Wildman–Crippen MR) is 85.5 cm³/mol. The summed E-state index contributed by atoms with van der Waals surface area (Å²) in [6.45, 7) is 0. The quantitative estimate of drug-likeness (QED) is 0.482. The van der Waals surface area contributed by atoms with Gasteiger partial charge < -0.3 is 5.32 Å². The Morgan fingerprint density at radius 2 is 1.52 bits per heavy atom. The molecule has 0 aliphatic rings. The number of halogens is 7. The number of hydrogen-bond donors (Lipinski definition) is 1. The first-order valence-electron chi connectivity index (χ1n) is 6.86. The highest BCUT2D eigenvalue weighted by atomic mass is 35.5. The van der Waals surface area contributed by atoms with E-state index in [1.54, 1.807) is 0 Å². The standard InChI is InChI=1S/C15H7ClF6NO3P/c16-9-1-2-12(26-27-25)11(6-9)13(24)23-10-4-7(14(17,18)19)3-8(5-10)15(20,21)22/h1-6,27H/p+1. The molecule has 0 saturated carbocycles. The Kier molecular flexibility index (Phi) is 6.01. The van der Waals surface area contributed by atoms with Crippen LogP contribution in [-0.2, 0) is 16.9 Å². The van der Waals surface area contributed by atoms with Crippen LogP contribution in [0.25, 0.3) is 0 Å². The van der Waals surface area contributed by atoms with Crippen molar-refractivity contribution in [3.63, 3.8) is 0 Å². The number of benzene rings is 2. The van der Waals surface area contributed by atoms with Crippen molar-refractivity contribution in [3.8, 4) is 5.75 Å². The summed E-state index contributed by atoms with van der Waals surface area (Å²) < 4.78 is 92.5. The maximum atomic E-state index is 12.9. The van der Waals surface area contributed by atoms with Crippen LogP contribution in [-0.4, -0.2) is 5.91 Å². The third kappa shape index (κ3) is 5.33. The highest BCUT2D eigenvalue weighted by molar-refractivity contribution is 7.17. The molecular formula is C15H8ClF6NO3P+. The van der Waals surface area contributed by atoms with Gasteiger partial charge in [0.05, 0.1) is 16.7 Å². The minimum absolute atomic E-state index is 0.0433. The summed E-state index contributed by atoms with van der Waals surface area (Å²) in [6.07, 6.45) is -10.1. The van der Waals surface area contributed by atoms with Gasteiger partial charge in [-0.3, -0.25) is 9.32 Å². The van der Waals surface area contributed by atoms with Gasteiger partial charge >= 0.3 is 21.0 Å². The number of alkyl halides is 6. The lowest BCUT2D eigenvalue weighted by Crippen LogP contribution is -2.16. The molecule has 0 fully saturated rings. The molecule has 0 radical (unpaired) electrons. The molecule has 2 aromatic rings. The van der Waals surface area contributed by atoms with E-state index in [9.17, 15) is 35.7 Å². The molecule has 144 valence electrons. The molecule has 27 heavy (non-hydrogen) atoms. The number of carbonyl (C=O) groups excluding carboxylic acids is 1. The van der Waals surface area contributed by atoms with Crippen LogP contribution < -0.4 is 9.84 Å². The van der Waals surface area contributed by atoms with Crippen molar-refractivity contribution in [1.82, 2.24) is 0 Å². The normalized spacial score (nSPS) is 12.1. The average Bonchev–Trinajstić information content (AvgIpc) is 2.54. The second-order valence-corrected chi connectivity index (χ2v) is 5.88. The first-order valence-corrected chi connectivity index (χ1v) is 8.05. The topological polar surface area (TPSA) is 55.4 Å². The molecule has 2 aromatic carbocycles. The summed E-state index contributed by atoms with van der Waals surface area (Å²) in [5.41, 5.74) is -4.23. The molecule has 0 spiro atoms. The van der Waals surface area contributed by atoms with Crippen molar-refractivity contribution >= 4 is 31.9 Å². The van der Waals surface area contributed by atoms with Crippen LogP contribution in [0, 0.1) is 0 Å². The number of hydrogen-bond acceptors (Lipinski definition) is 3. The highest BCUT2D eigenvalue weighted by Crippen LogP contribution is 2.38. The number of anilines is 1. The Bertz CT molecular complexity index is 853. The molecular weight excluding hydrogens is 423 g/mol. The summed E-state index contributed by atoms with van der Waals surface area (Å²) in [4.78, 5) is 12.3. The van der Waals surface area contributed by atoms with Gasteiger partial charge in [0, 0.05) is 10.7 Å². The van der Waals surface area contributed by atoms with E-state index >= 15 is 0 Å². The van der Waals surface area contributed by atoms with Gasteiger partial charge in [-0.25, -0.2) is 0 Å². The van der Waals surface area contributed by atoms with Crippen LogP contribution in [0.5, 0.6) is 5.75 Å². The van der Waals surface area contributed by atoms with Crippen LogP contribution in [0.1, 0.15) is 21.5 Å². The molecule has 1 atom stereocenters. The molecule has 0 aliphatic heterocycles. The molecule has 0 saturated heterocycles. The third-order valence-electron chi connectivity index (χ3n) is 3.18. The van der Waals surface area contributed by atoms with E-state index in [-0.39, 0.29) is 22.4 Å². The zero-order chi connectivity index (χ0) is 20.4. The van der Waals surface area contributed by atoms with Crippen molar-refractivity contribution in [2.45, 2.75) is 12.4 Å². The molecule has 0 aromatic heterocycles. The van der Waals surface area contributed by atoms with Crippen LogP contribution in [0.3, 0.4) is 0 Å². The van der Waals surface area contributed by atoms with E-state index in [0.29, 0.717) is 12.1 Å². The summed E-state index contributed by atoms with van der Waals surface area (Å²) in [7, 11) is -1.30. The van der Waals surface area contributed by atoms with Crippen molar-refractivity contribution in [2.75, 3.05) is 5.32 Å². The van der Waals surface area contributed by atoms with Gasteiger partial charge in [-0.15, -0.1) is 0 Å². The van der Waals surface area contributed by atoms with E-state index in [1.807, 2.05) is 5.32 Å².